The Balaban J connectivity index is 1.28. The summed E-state index contributed by atoms with van der Waals surface area (Å²) in [6.07, 6.45) is 5.88. The van der Waals surface area contributed by atoms with Crippen LogP contribution < -0.4 is 0 Å². The molecule has 1 heterocycles. The molecule has 136 valence electrons. The van der Waals surface area contributed by atoms with Crippen molar-refractivity contribution >= 4 is 17.6 Å². The van der Waals surface area contributed by atoms with Crippen molar-refractivity contribution in [1.29, 1.82) is 0 Å². The number of ether oxygens (including phenoxy) is 1. The van der Waals surface area contributed by atoms with Crippen LogP contribution in [0.2, 0.25) is 0 Å². The third-order valence-electron chi connectivity index (χ3n) is 6.24. The van der Waals surface area contributed by atoms with Crippen LogP contribution in [0, 0.1) is 17.3 Å². The Morgan fingerprint density at radius 1 is 1.15 bits per heavy atom. The number of alkyl halides is 1. The first-order valence-electron chi connectivity index (χ1n) is 9.28. The molecule has 2 aromatic rings. The highest BCUT2D eigenvalue weighted by Gasteiger charge is 2.60. The van der Waals surface area contributed by atoms with E-state index in [0.717, 1.165) is 37.7 Å². The van der Waals surface area contributed by atoms with Crippen LogP contribution in [0.25, 0.3) is 11.5 Å². The molecule has 0 saturated heterocycles. The summed E-state index contributed by atoms with van der Waals surface area (Å²) < 4.78 is 11.2. The van der Waals surface area contributed by atoms with Crippen LogP contribution in [0.4, 0.5) is 0 Å². The van der Waals surface area contributed by atoms with E-state index in [1.165, 1.54) is 6.42 Å². The number of rotatable bonds is 4. The fourth-order valence-corrected chi connectivity index (χ4v) is 6.37. The zero-order valence-electron chi connectivity index (χ0n) is 14.5. The quantitative estimate of drug-likeness (QED) is 0.589. The first-order chi connectivity index (χ1) is 12.5. The van der Waals surface area contributed by atoms with Crippen molar-refractivity contribution in [3.05, 3.63) is 36.2 Å². The van der Waals surface area contributed by atoms with Crippen molar-refractivity contribution in [1.82, 2.24) is 10.2 Å². The third-order valence-corrected chi connectivity index (χ3v) is 6.68. The van der Waals surface area contributed by atoms with E-state index in [1.54, 1.807) is 0 Å². The molecule has 1 aromatic heterocycles. The van der Waals surface area contributed by atoms with Gasteiger partial charge in [-0.05, 0) is 62.5 Å². The van der Waals surface area contributed by atoms with E-state index in [4.69, 9.17) is 20.8 Å². The monoisotopic (exact) mass is 372 g/mol. The van der Waals surface area contributed by atoms with Crippen LogP contribution in [0.5, 0.6) is 0 Å². The predicted octanol–water partition coefficient (Wildman–Crippen LogP) is 4.36. The molecular weight excluding hydrogens is 352 g/mol. The lowest BCUT2D eigenvalue weighted by Crippen LogP contribution is -2.56. The summed E-state index contributed by atoms with van der Waals surface area (Å²) in [6, 6.07) is 9.55. The normalized spacial score (nSPS) is 34.8. The Morgan fingerprint density at radius 3 is 2.58 bits per heavy atom. The van der Waals surface area contributed by atoms with Gasteiger partial charge < -0.3 is 9.15 Å². The number of esters is 1. The molecule has 4 bridgehead atoms. The molecule has 1 aromatic carbocycles. The van der Waals surface area contributed by atoms with Crippen LogP contribution in [0.15, 0.2) is 34.7 Å². The molecule has 0 N–H and O–H groups in total. The van der Waals surface area contributed by atoms with Crippen molar-refractivity contribution in [3.8, 4) is 11.5 Å². The zero-order chi connectivity index (χ0) is 17.8. The number of hydrogen-bond donors (Lipinski definition) is 0. The smallest absolute Gasteiger partial charge is 0.312 e. The van der Waals surface area contributed by atoms with Gasteiger partial charge in [-0.25, -0.2) is 0 Å². The van der Waals surface area contributed by atoms with Crippen molar-refractivity contribution < 1.29 is 13.9 Å². The Kier molecular flexibility index (Phi) is 3.64. The summed E-state index contributed by atoms with van der Waals surface area (Å²) in [7, 11) is 0. The van der Waals surface area contributed by atoms with Gasteiger partial charge >= 0.3 is 5.97 Å². The maximum Gasteiger partial charge on any atom is 0.312 e. The highest BCUT2D eigenvalue weighted by Crippen LogP contribution is 2.64. The molecule has 6 heteroatoms. The van der Waals surface area contributed by atoms with E-state index in [9.17, 15) is 4.79 Å². The van der Waals surface area contributed by atoms with Crippen LogP contribution in [-0.2, 0) is 16.1 Å². The summed E-state index contributed by atoms with van der Waals surface area (Å²) >= 11 is 6.80. The molecule has 0 radical (unpaired) electrons. The Morgan fingerprint density at radius 2 is 1.88 bits per heavy atom. The summed E-state index contributed by atoms with van der Waals surface area (Å²) in [5, 5.41) is 8.04. The number of carbonyl (C=O) groups excluding carboxylic acids is 1. The predicted molar refractivity (Wildman–Crippen MR) is 95.2 cm³/mol. The van der Waals surface area contributed by atoms with Crippen LogP contribution >= 0.6 is 11.6 Å². The van der Waals surface area contributed by atoms with Crippen LogP contribution in [-0.4, -0.2) is 21.0 Å². The number of benzene rings is 1. The van der Waals surface area contributed by atoms with Gasteiger partial charge in [0.25, 0.3) is 5.89 Å². The Bertz CT molecular complexity index is 821. The van der Waals surface area contributed by atoms with Crippen molar-refractivity contribution in [2.24, 2.45) is 17.3 Å². The standard InChI is InChI=1S/C20H21ClN2O3/c21-20-9-13-6-14(10-20)8-19(7-13,12-20)18(24)25-11-16-22-23-17(26-16)15-4-2-1-3-5-15/h1-5,13-14H,6-12H2/t13-,14+,19?,20?. The average Bonchev–Trinajstić information content (AvgIpc) is 3.07. The molecular formula is C20H21ClN2O3. The minimum Gasteiger partial charge on any atom is -0.455 e. The largest absolute Gasteiger partial charge is 0.455 e. The van der Waals surface area contributed by atoms with Gasteiger partial charge in [-0.3, -0.25) is 4.79 Å². The fourth-order valence-electron chi connectivity index (χ4n) is 5.68. The molecule has 4 atom stereocenters. The average molecular weight is 373 g/mol. The lowest BCUT2D eigenvalue weighted by molar-refractivity contribution is -0.172. The molecule has 6 rings (SSSR count). The molecule has 0 aliphatic heterocycles. The molecule has 5 nitrogen and oxygen atoms in total. The Labute approximate surface area is 157 Å². The second-order valence-corrected chi connectivity index (χ2v) is 9.14. The minimum atomic E-state index is -0.409. The van der Waals surface area contributed by atoms with Crippen molar-refractivity contribution in [2.75, 3.05) is 0 Å². The highest BCUT2D eigenvalue weighted by atomic mass is 35.5. The number of carbonyl (C=O) groups is 1. The fraction of sp³-hybridized carbons (Fsp3) is 0.550. The van der Waals surface area contributed by atoms with Gasteiger partial charge in [-0.15, -0.1) is 21.8 Å². The second kappa shape index (κ2) is 5.81. The van der Waals surface area contributed by atoms with E-state index in [2.05, 4.69) is 10.2 Å². The maximum absolute atomic E-state index is 12.9. The SMILES string of the molecule is O=C(OCc1nnc(-c2ccccc2)o1)C12C[C@@H]3C[C@@H](CC(Cl)(C3)C1)C2. The second-order valence-electron chi connectivity index (χ2n) is 8.34. The lowest BCUT2D eigenvalue weighted by atomic mass is 9.49. The van der Waals surface area contributed by atoms with Gasteiger partial charge in [0.1, 0.15) is 0 Å². The number of halogens is 1. The highest BCUT2D eigenvalue weighted by molar-refractivity contribution is 6.24. The number of hydrogen-bond acceptors (Lipinski definition) is 5. The lowest BCUT2D eigenvalue weighted by Gasteiger charge is -2.58. The van der Waals surface area contributed by atoms with E-state index in [0.29, 0.717) is 23.6 Å². The Hall–Kier alpha value is -1.88. The molecule has 2 unspecified atom stereocenters. The maximum atomic E-state index is 12.9. The molecule has 0 amide bonds. The molecule has 4 saturated carbocycles. The van der Waals surface area contributed by atoms with E-state index < -0.39 is 5.41 Å². The summed E-state index contributed by atoms with van der Waals surface area (Å²) in [4.78, 5) is 12.7. The summed E-state index contributed by atoms with van der Waals surface area (Å²) in [6.45, 7) is 0.0189. The molecule has 0 spiro atoms. The number of nitrogens with zero attached hydrogens (tertiary/aromatic N) is 2. The molecule has 26 heavy (non-hydrogen) atoms. The van der Waals surface area contributed by atoms with Gasteiger partial charge in [0.05, 0.1) is 5.41 Å². The van der Waals surface area contributed by atoms with Crippen molar-refractivity contribution in [3.63, 3.8) is 0 Å². The van der Waals surface area contributed by atoms with E-state index in [-0.39, 0.29) is 17.5 Å². The first kappa shape index (κ1) is 16.3. The minimum absolute atomic E-state index is 0.0189. The molecule has 4 aliphatic rings. The number of aromatic nitrogens is 2. The first-order valence-corrected chi connectivity index (χ1v) is 9.65. The van der Waals surface area contributed by atoms with Gasteiger partial charge in [0.15, 0.2) is 6.61 Å². The van der Waals surface area contributed by atoms with Gasteiger partial charge in [0, 0.05) is 10.4 Å². The van der Waals surface area contributed by atoms with Gasteiger partial charge in [-0.1, -0.05) is 18.2 Å². The van der Waals surface area contributed by atoms with Gasteiger partial charge in [-0.2, -0.15) is 0 Å². The van der Waals surface area contributed by atoms with Crippen LogP contribution in [0.1, 0.15) is 44.4 Å². The van der Waals surface area contributed by atoms with Crippen molar-refractivity contribution in [2.45, 2.75) is 50.0 Å². The van der Waals surface area contributed by atoms with Crippen LogP contribution in [0.3, 0.4) is 0 Å². The zero-order valence-corrected chi connectivity index (χ0v) is 15.2. The molecule has 4 fully saturated rings. The van der Waals surface area contributed by atoms with E-state index in [1.807, 2.05) is 30.3 Å². The van der Waals surface area contributed by atoms with E-state index >= 15 is 0 Å². The third kappa shape index (κ3) is 2.73. The van der Waals surface area contributed by atoms with Gasteiger partial charge in [0.2, 0.25) is 5.89 Å². The summed E-state index contributed by atoms with van der Waals surface area (Å²) in [5.41, 5.74) is 0.441. The molecule has 4 aliphatic carbocycles. The topological polar surface area (TPSA) is 65.2 Å². The summed E-state index contributed by atoms with van der Waals surface area (Å²) in [5.74, 6) is 1.74.